The lowest BCUT2D eigenvalue weighted by atomic mass is 9.56. The van der Waals surface area contributed by atoms with Crippen molar-refractivity contribution in [2.75, 3.05) is 6.61 Å². The van der Waals surface area contributed by atoms with E-state index in [2.05, 4.69) is 27.5 Å². The number of amides is 2. The fourth-order valence-electron chi connectivity index (χ4n) is 4.92. The zero-order valence-electron chi connectivity index (χ0n) is 18.1. The van der Waals surface area contributed by atoms with Crippen molar-refractivity contribution in [3.8, 4) is 5.75 Å². The molecule has 0 spiro atoms. The van der Waals surface area contributed by atoms with Gasteiger partial charge in [0, 0.05) is 23.3 Å². The summed E-state index contributed by atoms with van der Waals surface area (Å²) >= 11 is 5.67. The molecule has 0 aliphatic heterocycles. The van der Waals surface area contributed by atoms with Gasteiger partial charge in [-0.1, -0.05) is 18.5 Å². The van der Waals surface area contributed by atoms with Crippen molar-refractivity contribution in [2.24, 2.45) is 5.92 Å². The van der Waals surface area contributed by atoms with Crippen molar-refractivity contribution in [3.63, 3.8) is 0 Å². The number of fused-ring (bicyclic) bond motifs is 3. The molecule has 5 rings (SSSR count). The van der Waals surface area contributed by atoms with Crippen LogP contribution in [0.25, 0.3) is 0 Å². The van der Waals surface area contributed by atoms with E-state index in [1.807, 2.05) is 6.92 Å². The van der Waals surface area contributed by atoms with Crippen LogP contribution >= 0.6 is 11.6 Å². The Morgan fingerprint density at radius 2 is 1.94 bits per heavy atom. The van der Waals surface area contributed by atoms with E-state index in [4.69, 9.17) is 16.3 Å². The molecule has 2 bridgehead atoms. The zero-order chi connectivity index (χ0) is 22.9. The number of carbonyl (C=O) groups is 2. The number of nitrogens with one attached hydrogen (secondary N) is 2. The van der Waals surface area contributed by atoms with Crippen LogP contribution in [0.5, 0.6) is 5.75 Å². The number of rotatable bonds is 6. The van der Waals surface area contributed by atoms with Gasteiger partial charge < -0.3 is 15.4 Å². The Morgan fingerprint density at radius 3 is 2.56 bits per heavy atom. The van der Waals surface area contributed by atoms with Gasteiger partial charge in [0.05, 0.1) is 16.9 Å². The van der Waals surface area contributed by atoms with Crippen LogP contribution in [0.2, 0.25) is 5.02 Å². The van der Waals surface area contributed by atoms with Crippen molar-refractivity contribution >= 4 is 23.4 Å². The summed E-state index contributed by atoms with van der Waals surface area (Å²) in [6.07, 6.45) is 6.89. The summed E-state index contributed by atoms with van der Waals surface area (Å²) in [5, 5.41) is 6.35. The molecule has 2 aromatic rings. The first kappa shape index (κ1) is 22.5. The molecule has 1 aromatic heterocycles. The normalized spacial score (nSPS) is 26.4. The van der Waals surface area contributed by atoms with Gasteiger partial charge in [-0.2, -0.15) is 0 Å². The van der Waals surface area contributed by atoms with Crippen molar-refractivity contribution < 1.29 is 18.7 Å². The average molecular weight is 461 g/mol. The van der Waals surface area contributed by atoms with Crippen LogP contribution in [-0.4, -0.2) is 39.5 Å². The molecule has 32 heavy (non-hydrogen) atoms. The van der Waals surface area contributed by atoms with Gasteiger partial charge in [0.25, 0.3) is 11.8 Å². The summed E-state index contributed by atoms with van der Waals surface area (Å²) in [6, 6.07) is 4.07. The van der Waals surface area contributed by atoms with Crippen LogP contribution in [0.3, 0.4) is 0 Å². The van der Waals surface area contributed by atoms with Crippen LogP contribution in [0.4, 0.5) is 4.39 Å². The van der Waals surface area contributed by atoms with E-state index >= 15 is 0 Å². The monoisotopic (exact) mass is 460 g/mol. The predicted octanol–water partition coefficient (Wildman–Crippen LogP) is 3.59. The fraction of sp³-hybridized carbons (Fsp3) is 0.478. The van der Waals surface area contributed by atoms with E-state index in [0.717, 1.165) is 43.9 Å². The Morgan fingerprint density at radius 1 is 1.19 bits per heavy atom. The van der Waals surface area contributed by atoms with Gasteiger partial charge in [-0.3, -0.25) is 14.6 Å². The standard InChI is InChI=1S/C23H26ClFN4O3/c1-14-10-22(28-20(30)13-32-16-3-4-17(24)18(25)9-16)5-7-23(14,8-6-22)29-21(31)19-12-26-15(2)11-27-19/h3-4,9,11-12,14H,5-8,10,13H2,1-2H3,(H,28,30)(H,29,31)/t14-,22?,23?/m0/s1. The molecular formula is C23H26ClFN4O3. The van der Waals surface area contributed by atoms with Gasteiger partial charge in [0.15, 0.2) is 6.61 Å². The molecule has 170 valence electrons. The highest BCUT2D eigenvalue weighted by Gasteiger charge is 2.54. The lowest BCUT2D eigenvalue weighted by Crippen LogP contribution is -2.67. The van der Waals surface area contributed by atoms with E-state index in [1.165, 1.54) is 18.3 Å². The highest BCUT2D eigenvalue weighted by Crippen LogP contribution is 2.50. The van der Waals surface area contributed by atoms with E-state index < -0.39 is 5.82 Å². The molecule has 3 aliphatic carbocycles. The molecule has 3 aliphatic rings. The molecule has 9 heteroatoms. The Hall–Kier alpha value is -2.74. The Balaban J connectivity index is 1.34. The molecule has 0 unspecified atom stereocenters. The minimum absolute atomic E-state index is 0.00378. The average Bonchev–Trinajstić information content (AvgIpc) is 2.76. The number of nitrogens with zero attached hydrogens (tertiary/aromatic N) is 2. The third-order valence-electron chi connectivity index (χ3n) is 6.78. The number of benzene rings is 1. The van der Waals surface area contributed by atoms with E-state index in [-0.39, 0.29) is 46.2 Å². The maximum Gasteiger partial charge on any atom is 0.271 e. The minimum Gasteiger partial charge on any atom is -0.484 e. The van der Waals surface area contributed by atoms with E-state index in [1.54, 1.807) is 6.20 Å². The molecule has 7 nitrogen and oxygen atoms in total. The SMILES string of the molecule is Cc1cnc(C(=O)NC23CCC(NC(=O)COc4ccc(Cl)c(F)c4)(CC2)C[C@@H]3C)cn1. The fourth-order valence-corrected chi connectivity index (χ4v) is 5.04. The van der Waals surface area contributed by atoms with Crippen LogP contribution in [-0.2, 0) is 4.79 Å². The molecule has 1 heterocycles. The summed E-state index contributed by atoms with van der Waals surface area (Å²) in [5.41, 5.74) is 0.437. The summed E-state index contributed by atoms with van der Waals surface area (Å²) in [6.45, 7) is 3.73. The topological polar surface area (TPSA) is 93.2 Å². The number of hydrogen-bond acceptors (Lipinski definition) is 5. The maximum absolute atomic E-state index is 13.5. The molecule has 1 atom stereocenters. The molecule has 0 radical (unpaired) electrons. The number of hydrogen-bond donors (Lipinski definition) is 2. The highest BCUT2D eigenvalue weighted by molar-refractivity contribution is 6.30. The summed E-state index contributed by atoms with van der Waals surface area (Å²) in [7, 11) is 0. The molecule has 0 saturated heterocycles. The minimum atomic E-state index is -0.591. The van der Waals surface area contributed by atoms with Crippen molar-refractivity contribution in [1.29, 1.82) is 0 Å². The number of halogens is 2. The van der Waals surface area contributed by atoms with Gasteiger partial charge in [-0.05, 0) is 57.1 Å². The largest absolute Gasteiger partial charge is 0.484 e. The quantitative estimate of drug-likeness (QED) is 0.687. The van der Waals surface area contributed by atoms with Crippen molar-refractivity contribution in [1.82, 2.24) is 20.6 Å². The highest BCUT2D eigenvalue weighted by atomic mass is 35.5. The second-order valence-corrected chi connectivity index (χ2v) is 9.36. The Bertz CT molecular complexity index is 1020. The first-order chi connectivity index (χ1) is 15.2. The van der Waals surface area contributed by atoms with Crippen LogP contribution in [0.1, 0.15) is 55.2 Å². The number of aryl methyl sites for hydroxylation is 1. The van der Waals surface area contributed by atoms with Crippen LogP contribution in [0.15, 0.2) is 30.6 Å². The number of carbonyl (C=O) groups excluding carboxylic acids is 2. The lowest BCUT2D eigenvalue weighted by molar-refractivity contribution is -0.127. The second kappa shape index (κ2) is 8.65. The van der Waals surface area contributed by atoms with Gasteiger partial charge >= 0.3 is 0 Å². The van der Waals surface area contributed by atoms with Gasteiger partial charge in [-0.15, -0.1) is 0 Å². The van der Waals surface area contributed by atoms with Gasteiger partial charge in [0.2, 0.25) is 0 Å². The van der Waals surface area contributed by atoms with Gasteiger partial charge in [-0.25, -0.2) is 9.37 Å². The van der Waals surface area contributed by atoms with E-state index in [9.17, 15) is 14.0 Å². The first-order valence-electron chi connectivity index (χ1n) is 10.7. The maximum atomic E-state index is 13.5. The molecule has 3 fully saturated rings. The molecule has 2 N–H and O–H groups in total. The smallest absolute Gasteiger partial charge is 0.271 e. The Labute approximate surface area is 191 Å². The third kappa shape index (κ3) is 4.55. The van der Waals surface area contributed by atoms with Crippen molar-refractivity contribution in [2.45, 2.75) is 57.0 Å². The summed E-state index contributed by atoms with van der Waals surface area (Å²) < 4.78 is 19.0. The lowest BCUT2D eigenvalue weighted by Gasteiger charge is -2.57. The second-order valence-electron chi connectivity index (χ2n) is 8.95. The number of ether oxygens (including phenoxy) is 1. The first-order valence-corrected chi connectivity index (χ1v) is 11.1. The molecular weight excluding hydrogens is 435 g/mol. The number of aromatic nitrogens is 2. The van der Waals surface area contributed by atoms with Crippen molar-refractivity contribution in [3.05, 3.63) is 52.8 Å². The van der Waals surface area contributed by atoms with Crippen LogP contribution < -0.4 is 15.4 Å². The summed E-state index contributed by atoms with van der Waals surface area (Å²) in [4.78, 5) is 33.6. The zero-order valence-corrected chi connectivity index (χ0v) is 18.8. The molecule has 1 aromatic carbocycles. The van der Waals surface area contributed by atoms with Gasteiger partial charge in [0.1, 0.15) is 17.3 Å². The molecule has 3 saturated carbocycles. The Kier molecular flexibility index (Phi) is 6.07. The predicted molar refractivity (Wildman–Crippen MR) is 117 cm³/mol. The summed E-state index contributed by atoms with van der Waals surface area (Å²) in [5.74, 6) is -0.626. The van der Waals surface area contributed by atoms with Crippen LogP contribution in [0, 0.1) is 18.7 Å². The molecule has 2 amide bonds. The third-order valence-corrected chi connectivity index (χ3v) is 7.09. The van der Waals surface area contributed by atoms with E-state index in [0.29, 0.717) is 5.69 Å².